The maximum Gasteiger partial charge on any atom is 0.257 e. The third-order valence-electron chi connectivity index (χ3n) is 7.27. The molecule has 0 unspecified atom stereocenters. The highest BCUT2D eigenvalue weighted by Crippen LogP contribution is 2.38. The van der Waals surface area contributed by atoms with Crippen LogP contribution in [0.15, 0.2) is 91.0 Å². The first-order valence-electron chi connectivity index (χ1n) is 11.2. The van der Waals surface area contributed by atoms with Gasteiger partial charge in [0.2, 0.25) is 0 Å². The van der Waals surface area contributed by atoms with Crippen LogP contribution in [0.25, 0.3) is 38.3 Å². The lowest BCUT2D eigenvalue weighted by Crippen LogP contribution is -2.58. The average Bonchev–Trinajstić information content (AvgIpc) is 3.17. The van der Waals surface area contributed by atoms with Gasteiger partial charge in [-0.3, -0.25) is 0 Å². The molecule has 3 heterocycles. The highest BCUT2D eigenvalue weighted by molar-refractivity contribution is 7.00. The summed E-state index contributed by atoms with van der Waals surface area (Å²) in [5.74, 6) is 1.95. The van der Waals surface area contributed by atoms with Crippen molar-refractivity contribution in [3.05, 3.63) is 96.6 Å². The van der Waals surface area contributed by atoms with Gasteiger partial charge in [0.1, 0.15) is 11.5 Å². The van der Waals surface area contributed by atoms with Gasteiger partial charge >= 0.3 is 0 Å². The molecule has 6 aromatic rings. The normalized spacial score (nSPS) is 13.3. The molecule has 0 saturated carbocycles. The zero-order chi connectivity index (χ0) is 21.0. The lowest BCUT2D eigenvalue weighted by atomic mass is 9.34. The number of ether oxygens (including phenoxy) is 1. The van der Waals surface area contributed by atoms with Crippen molar-refractivity contribution < 1.29 is 4.74 Å². The first kappa shape index (κ1) is 16.7. The molecule has 2 aliphatic rings. The number of rotatable bonds is 0. The zero-order valence-electron chi connectivity index (χ0n) is 17.6. The SMILES string of the molecule is Cc1cc2c3c(c1)-n1c4ccccc4c4cccc(c41)B3c1c(ccc3ccccc13)O2. The number of aryl methyl sites for hydroxylation is 1. The Morgan fingerprint density at radius 3 is 2.44 bits per heavy atom. The summed E-state index contributed by atoms with van der Waals surface area (Å²) in [5, 5.41) is 5.15. The number of nitrogens with zero attached hydrogens (tertiary/aromatic N) is 1. The standard InChI is InChI=1S/C29H18BNO/c1-17-15-24-28-26(16-17)32-25-14-13-18-7-2-3-8-19(18)27(25)30(28)22-11-6-10-21-20-9-4-5-12-23(20)31(24)29(21)22/h2-16H,1H3. The third-order valence-corrected chi connectivity index (χ3v) is 7.27. The minimum atomic E-state index is 0.149. The second kappa shape index (κ2) is 5.63. The van der Waals surface area contributed by atoms with Crippen molar-refractivity contribution in [2.75, 3.05) is 0 Å². The van der Waals surface area contributed by atoms with Crippen molar-refractivity contribution in [1.82, 2.24) is 4.57 Å². The van der Waals surface area contributed by atoms with Gasteiger partial charge in [-0.15, -0.1) is 0 Å². The molecule has 0 amide bonds. The molecular weight excluding hydrogens is 389 g/mol. The van der Waals surface area contributed by atoms with E-state index in [4.69, 9.17) is 4.74 Å². The molecule has 3 heteroatoms. The van der Waals surface area contributed by atoms with E-state index in [2.05, 4.69) is 102 Å². The van der Waals surface area contributed by atoms with Crippen molar-refractivity contribution in [3.8, 4) is 17.2 Å². The van der Waals surface area contributed by atoms with Gasteiger partial charge in [-0.1, -0.05) is 66.7 Å². The molecule has 2 aliphatic heterocycles. The van der Waals surface area contributed by atoms with Crippen LogP contribution in [0.1, 0.15) is 5.56 Å². The monoisotopic (exact) mass is 407 g/mol. The van der Waals surface area contributed by atoms with E-state index in [0.717, 1.165) is 11.5 Å². The molecule has 8 rings (SSSR count). The molecule has 0 spiro atoms. The second-order valence-corrected chi connectivity index (χ2v) is 9.03. The molecule has 0 atom stereocenters. The minimum absolute atomic E-state index is 0.149. The van der Waals surface area contributed by atoms with Crippen molar-refractivity contribution in [3.63, 3.8) is 0 Å². The summed E-state index contributed by atoms with van der Waals surface area (Å²) in [7, 11) is 0. The zero-order valence-corrected chi connectivity index (χ0v) is 17.6. The summed E-state index contributed by atoms with van der Waals surface area (Å²) >= 11 is 0. The summed E-state index contributed by atoms with van der Waals surface area (Å²) in [6.45, 7) is 2.31. The Hall–Kier alpha value is -3.98. The molecular formula is C29H18BNO. The Morgan fingerprint density at radius 2 is 1.50 bits per heavy atom. The van der Waals surface area contributed by atoms with E-state index < -0.39 is 0 Å². The van der Waals surface area contributed by atoms with Gasteiger partial charge in [0.15, 0.2) is 0 Å². The minimum Gasteiger partial charge on any atom is -0.458 e. The highest BCUT2D eigenvalue weighted by Gasteiger charge is 2.41. The Kier molecular flexibility index (Phi) is 2.93. The van der Waals surface area contributed by atoms with Crippen molar-refractivity contribution in [2.45, 2.75) is 6.92 Å². The van der Waals surface area contributed by atoms with E-state index in [9.17, 15) is 0 Å². The maximum atomic E-state index is 6.60. The van der Waals surface area contributed by atoms with Crippen LogP contribution in [0.3, 0.4) is 0 Å². The number of fused-ring (bicyclic) bond motifs is 9. The molecule has 2 nitrogen and oxygen atoms in total. The summed E-state index contributed by atoms with van der Waals surface area (Å²) in [6.07, 6.45) is 0. The summed E-state index contributed by atoms with van der Waals surface area (Å²) in [5.41, 5.74) is 8.96. The fourth-order valence-corrected chi connectivity index (χ4v) is 6.07. The molecule has 0 N–H and O–H groups in total. The Labute approximate surface area is 185 Å². The van der Waals surface area contributed by atoms with Crippen LogP contribution in [-0.4, -0.2) is 11.3 Å². The quantitative estimate of drug-likeness (QED) is 0.316. The van der Waals surface area contributed by atoms with E-state index in [1.807, 2.05) is 0 Å². The largest absolute Gasteiger partial charge is 0.458 e. The number of hydrogen-bond donors (Lipinski definition) is 0. The molecule has 0 saturated heterocycles. The number of para-hydroxylation sites is 2. The van der Waals surface area contributed by atoms with Crippen molar-refractivity contribution in [2.24, 2.45) is 0 Å². The Balaban J connectivity index is 1.64. The lowest BCUT2D eigenvalue weighted by Gasteiger charge is -2.34. The van der Waals surface area contributed by atoms with Gasteiger partial charge in [0.05, 0.1) is 5.52 Å². The topological polar surface area (TPSA) is 14.2 Å². The predicted octanol–water partition coefficient (Wildman–Crippen LogP) is 5.18. The fourth-order valence-electron chi connectivity index (χ4n) is 6.07. The first-order valence-corrected chi connectivity index (χ1v) is 11.2. The second-order valence-electron chi connectivity index (χ2n) is 9.03. The van der Waals surface area contributed by atoms with E-state index in [1.165, 1.54) is 60.2 Å². The third kappa shape index (κ3) is 1.88. The molecule has 0 radical (unpaired) electrons. The molecule has 0 aliphatic carbocycles. The van der Waals surface area contributed by atoms with E-state index in [0.29, 0.717) is 0 Å². The summed E-state index contributed by atoms with van der Waals surface area (Å²) in [4.78, 5) is 0. The van der Waals surface area contributed by atoms with E-state index >= 15 is 0 Å². The van der Waals surface area contributed by atoms with Crippen LogP contribution in [-0.2, 0) is 0 Å². The van der Waals surface area contributed by atoms with Gasteiger partial charge in [-0.05, 0) is 63.9 Å². The van der Waals surface area contributed by atoms with Gasteiger partial charge in [0.25, 0.3) is 6.71 Å². The number of benzene rings is 5. The number of hydrogen-bond acceptors (Lipinski definition) is 1. The van der Waals surface area contributed by atoms with Crippen LogP contribution in [0, 0.1) is 6.92 Å². The molecule has 5 aromatic carbocycles. The smallest absolute Gasteiger partial charge is 0.257 e. The maximum absolute atomic E-state index is 6.60. The fraction of sp³-hybridized carbons (Fsp3) is 0.0345. The molecule has 148 valence electrons. The summed E-state index contributed by atoms with van der Waals surface area (Å²) < 4.78 is 9.06. The Morgan fingerprint density at radius 1 is 0.688 bits per heavy atom. The highest BCUT2D eigenvalue weighted by atomic mass is 16.5. The van der Waals surface area contributed by atoms with Crippen molar-refractivity contribution >= 4 is 55.7 Å². The van der Waals surface area contributed by atoms with Gasteiger partial charge in [-0.25, -0.2) is 0 Å². The summed E-state index contributed by atoms with van der Waals surface area (Å²) in [6, 6.07) is 33.1. The van der Waals surface area contributed by atoms with Gasteiger partial charge in [-0.2, -0.15) is 0 Å². The average molecular weight is 407 g/mol. The van der Waals surface area contributed by atoms with Crippen LogP contribution in [0.2, 0.25) is 0 Å². The van der Waals surface area contributed by atoms with Crippen molar-refractivity contribution in [1.29, 1.82) is 0 Å². The van der Waals surface area contributed by atoms with Crippen LogP contribution in [0.5, 0.6) is 11.5 Å². The lowest BCUT2D eigenvalue weighted by molar-refractivity contribution is 0.487. The molecule has 1 aromatic heterocycles. The molecule has 0 fully saturated rings. The van der Waals surface area contributed by atoms with Crippen LogP contribution >= 0.6 is 0 Å². The van der Waals surface area contributed by atoms with Crippen LogP contribution < -0.4 is 21.1 Å². The van der Waals surface area contributed by atoms with Gasteiger partial charge < -0.3 is 9.30 Å². The van der Waals surface area contributed by atoms with E-state index in [-0.39, 0.29) is 6.71 Å². The first-order chi connectivity index (χ1) is 15.8. The molecule has 0 bridgehead atoms. The number of aromatic nitrogens is 1. The van der Waals surface area contributed by atoms with Crippen LogP contribution in [0.4, 0.5) is 0 Å². The van der Waals surface area contributed by atoms with Gasteiger partial charge in [0, 0.05) is 22.0 Å². The molecule has 32 heavy (non-hydrogen) atoms. The Bertz CT molecular complexity index is 1780. The predicted molar refractivity (Wildman–Crippen MR) is 134 cm³/mol. The van der Waals surface area contributed by atoms with E-state index in [1.54, 1.807) is 0 Å².